The van der Waals surface area contributed by atoms with E-state index in [0.717, 1.165) is 17.0 Å². The van der Waals surface area contributed by atoms with Crippen LogP contribution in [0.25, 0.3) is 5.52 Å². The molecular formula is C20H24FN7O2. The number of hydrogen-bond donors (Lipinski definition) is 2. The van der Waals surface area contributed by atoms with Gasteiger partial charge in [0.2, 0.25) is 5.95 Å². The Morgan fingerprint density at radius 1 is 1.37 bits per heavy atom. The second-order valence-corrected chi connectivity index (χ2v) is 6.87. The monoisotopic (exact) mass is 413 g/mol. The predicted molar refractivity (Wildman–Crippen MR) is 112 cm³/mol. The molecule has 3 aromatic heterocycles. The van der Waals surface area contributed by atoms with Crippen LogP contribution in [0.15, 0.2) is 24.4 Å². The standard InChI is InChI=1S/C16H18FN7.C2H4O2.C2H2/c17-11-5-7-23(9-11)16-19-15(13-2-1-6-24(13)22-16)18-14-8-12(20-21-14)10-3-4-10;1-4-2-3;1-2/h1-2,6,8,10-11H,3-5,7,9H2,(H2,18,19,20,21,22);2H,1H3;1-2H/t11-;;/m1../s1. The smallest absolute Gasteiger partial charge is 0.292 e. The number of carbonyl (C=O) groups excluding carboxylic acids is 1. The highest BCUT2D eigenvalue weighted by Gasteiger charge is 2.27. The van der Waals surface area contributed by atoms with Crippen LogP contribution in [0.4, 0.5) is 22.0 Å². The van der Waals surface area contributed by atoms with Crippen LogP contribution in [-0.4, -0.2) is 57.6 Å². The number of terminal acetylenes is 1. The summed E-state index contributed by atoms with van der Waals surface area (Å²) in [6.07, 6.45) is 12.0. The molecular weight excluding hydrogens is 389 g/mol. The normalized spacial score (nSPS) is 17.5. The van der Waals surface area contributed by atoms with Crippen molar-refractivity contribution < 1.29 is 13.9 Å². The SMILES string of the molecule is C#C.COC=O.F[C@@H]1CCN(c2nc(Nc3cc(C4CC4)[nH]n3)c3cccn3n2)C1. The maximum absolute atomic E-state index is 13.5. The molecule has 1 aliphatic carbocycles. The zero-order valence-corrected chi connectivity index (χ0v) is 16.7. The van der Waals surface area contributed by atoms with Crippen LogP contribution in [-0.2, 0) is 9.53 Å². The molecule has 30 heavy (non-hydrogen) atoms. The van der Waals surface area contributed by atoms with E-state index in [4.69, 9.17) is 4.79 Å². The summed E-state index contributed by atoms with van der Waals surface area (Å²) in [5.74, 6) is 2.59. The summed E-state index contributed by atoms with van der Waals surface area (Å²) < 4.78 is 19.1. The van der Waals surface area contributed by atoms with E-state index in [0.29, 0.717) is 43.7 Å². The molecule has 2 N–H and O–H groups in total. The molecule has 10 heteroatoms. The van der Waals surface area contributed by atoms with Gasteiger partial charge >= 0.3 is 0 Å². The van der Waals surface area contributed by atoms with Gasteiger partial charge in [-0.2, -0.15) is 10.1 Å². The largest absolute Gasteiger partial charge is 0.471 e. The van der Waals surface area contributed by atoms with Gasteiger partial charge in [-0.05, 0) is 31.4 Å². The van der Waals surface area contributed by atoms with E-state index >= 15 is 0 Å². The van der Waals surface area contributed by atoms with Crippen LogP contribution in [0.3, 0.4) is 0 Å². The molecule has 5 rings (SSSR count). The summed E-state index contributed by atoms with van der Waals surface area (Å²) in [7, 11) is 1.31. The van der Waals surface area contributed by atoms with E-state index in [9.17, 15) is 4.39 Å². The van der Waals surface area contributed by atoms with E-state index < -0.39 is 6.17 Å². The number of carbonyl (C=O) groups is 1. The number of fused-ring (bicyclic) bond motifs is 1. The number of nitrogens with one attached hydrogen (secondary N) is 2. The Hall–Kier alpha value is -3.61. The second-order valence-electron chi connectivity index (χ2n) is 6.87. The van der Waals surface area contributed by atoms with Crippen molar-refractivity contribution in [1.82, 2.24) is 24.8 Å². The molecule has 1 saturated heterocycles. The highest BCUT2D eigenvalue weighted by atomic mass is 19.1. The Bertz CT molecular complexity index is 995. The van der Waals surface area contributed by atoms with Gasteiger partial charge in [-0.15, -0.1) is 17.9 Å². The van der Waals surface area contributed by atoms with E-state index in [2.05, 4.69) is 43.2 Å². The third-order valence-corrected chi connectivity index (χ3v) is 4.75. The minimum absolute atomic E-state index is 0.348. The minimum atomic E-state index is -0.808. The highest BCUT2D eigenvalue weighted by Crippen LogP contribution is 2.39. The number of hydrogen-bond acceptors (Lipinski definition) is 7. The van der Waals surface area contributed by atoms with Gasteiger partial charge in [0.25, 0.3) is 6.47 Å². The minimum Gasteiger partial charge on any atom is -0.471 e. The Balaban J connectivity index is 0.000000385. The topological polar surface area (TPSA) is 100 Å². The number of aromatic nitrogens is 5. The highest BCUT2D eigenvalue weighted by molar-refractivity contribution is 5.73. The number of H-pyrrole nitrogens is 1. The molecule has 2 aliphatic rings. The van der Waals surface area contributed by atoms with Crippen molar-refractivity contribution in [3.05, 3.63) is 30.1 Å². The van der Waals surface area contributed by atoms with Gasteiger partial charge in [0.1, 0.15) is 11.7 Å². The van der Waals surface area contributed by atoms with Crippen molar-refractivity contribution >= 4 is 29.6 Å². The third kappa shape index (κ3) is 4.86. The average Bonchev–Trinajstić information content (AvgIpc) is 3.15. The summed E-state index contributed by atoms with van der Waals surface area (Å²) in [5, 5.41) is 15.2. The number of anilines is 3. The van der Waals surface area contributed by atoms with Crippen LogP contribution < -0.4 is 10.2 Å². The number of alkyl halides is 1. The van der Waals surface area contributed by atoms with Crippen molar-refractivity contribution in [3.63, 3.8) is 0 Å². The van der Waals surface area contributed by atoms with E-state index in [1.54, 1.807) is 4.52 Å². The fourth-order valence-electron chi connectivity index (χ4n) is 3.17. The molecule has 0 amide bonds. The molecule has 1 atom stereocenters. The summed E-state index contributed by atoms with van der Waals surface area (Å²) in [6, 6.07) is 5.90. The molecule has 0 bridgehead atoms. The fraction of sp³-hybridized carbons (Fsp3) is 0.400. The van der Waals surface area contributed by atoms with Crippen LogP contribution in [0.2, 0.25) is 0 Å². The molecule has 4 heterocycles. The van der Waals surface area contributed by atoms with Crippen molar-refractivity contribution in [3.8, 4) is 12.8 Å². The van der Waals surface area contributed by atoms with Crippen molar-refractivity contribution in [2.45, 2.75) is 31.4 Å². The van der Waals surface area contributed by atoms with Crippen LogP contribution >= 0.6 is 0 Å². The maximum atomic E-state index is 13.5. The average molecular weight is 413 g/mol. The van der Waals surface area contributed by atoms with Crippen LogP contribution in [0.1, 0.15) is 30.9 Å². The van der Waals surface area contributed by atoms with E-state index in [-0.39, 0.29) is 0 Å². The first-order chi connectivity index (χ1) is 14.7. The van der Waals surface area contributed by atoms with Crippen LogP contribution in [0.5, 0.6) is 0 Å². The lowest BCUT2D eigenvalue weighted by atomic mass is 10.3. The maximum Gasteiger partial charge on any atom is 0.292 e. The van der Waals surface area contributed by atoms with Gasteiger partial charge in [0, 0.05) is 30.4 Å². The second kappa shape index (κ2) is 9.73. The Morgan fingerprint density at radius 2 is 2.13 bits per heavy atom. The predicted octanol–water partition coefficient (Wildman–Crippen LogP) is 2.66. The Labute approximate surface area is 173 Å². The molecule has 0 radical (unpaired) electrons. The Kier molecular flexibility index (Phi) is 6.85. The molecule has 1 saturated carbocycles. The van der Waals surface area contributed by atoms with Gasteiger partial charge in [0.15, 0.2) is 11.6 Å². The number of rotatable bonds is 5. The summed E-state index contributed by atoms with van der Waals surface area (Å²) >= 11 is 0. The molecule has 2 fully saturated rings. The summed E-state index contributed by atoms with van der Waals surface area (Å²) in [5.41, 5.74) is 2.03. The number of methoxy groups -OCH3 is 1. The Morgan fingerprint density at radius 3 is 2.77 bits per heavy atom. The molecule has 0 spiro atoms. The van der Waals surface area contributed by atoms with Crippen LogP contribution in [0, 0.1) is 12.8 Å². The molecule has 0 aromatic carbocycles. The third-order valence-electron chi connectivity index (χ3n) is 4.75. The zero-order valence-electron chi connectivity index (χ0n) is 16.7. The van der Waals surface area contributed by atoms with Gasteiger partial charge in [-0.25, -0.2) is 8.91 Å². The lowest BCUT2D eigenvalue weighted by molar-refractivity contribution is -0.126. The number of ether oxygens (including phenoxy) is 1. The van der Waals surface area contributed by atoms with Gasteiger partial charge in [-0.1, -0.05) is 0 Å². The number of aromatic amines is 1. The van der Waals surface area contributed by atoms with Crippen molar-refractivity contribution in [1.29, 1.82) is 0 Å². The summed E-state index contributed by atoms with van der Waals surface area (Å²) in [6.45, 7) is 1.36. The number of nitrogens with zero attached hydrogens (tertiary/aromatic N) is 5. The van der Waals surface area contributed by atoms with Gasteiger partial charge in [-0.3, -0.25) is 9.89 Å². The van der Waals surface area contributed by atoms with Crippen molar-refractivity contribution in [2.24, 2.45) is 0 Å². The lowest BCUT2D eigenvalue weighted by Crippen LogP contribution is -2.23. The van der Waals surface area contributed by atoms with E-state index in [1.165, 1.54) is 20.0 Å². The van der Waals surface area contributed by atoms with Gasteiger partial charge in [0.05, 0.1) is 13.7 Å². The number of halogens is 1. The first-order valence-corrected chi connectivity index (χ1v) is 9.54. The first-order valence-electron chi connectivity index (χ1n) is 9.54. The fourth-order valence-corrected chi connectivity index (χ4v) is 3.17. The molecule has 9 nitrogen and oxygen atoms in total. The zero-order chi connectivity index (χ0) is 21.5. The van der Waals surface area contributed by atoms with Gasteiger partial charge < -0.3 is 15.0 Å². The molecule has 1 aliphatic heterocycles. The lowest BCUT2D eigenvalue weighted by Gasteiger charge is -2.16. The molecule has 0 unspecified atom stereocenters. The molecule has 3 aromatic rings. The first kappa shape index (κ1) is 21.1. The summed E-state index contributed by atoms with van der Waals surface area (Å²) in [4.78, 5) is 15.5. The molecule has 158 valence electrons. The quantitative estimate of drug-likeness (QED) is 0.490. The van der Waals surface area contributed by atoms with Crippen molar-refractivity contribution in [2.75, 3.05) is 30.4 Å². The van der Waals surface area contributed by atoms with E-state index in [1.807, 2.05) is 29.3 Å².